The number of rotatable bonds is 8. The second-order valence-corrected chi connectivity index (χ2v) is 9.90. The molecule has 3 fully saturated rings. The third-order valence-electron chi connectivity index (χ3n) is 7.16. The zero-order valence-corrected chi connectivity index (χ0v) is 18.2. The number of nitrogens with two attached hydrogens (primary N) is 2. The van der Waals surface area contributed by atoms with E-state index < -0.39 is 36.0 Å². The molecule has 4 rings (SSSR count). The maximum absolute atomic E-state index is 12.4. The van der Waals surface area contributed by atoms with Crippen LogP contribution in [0.1, 0.15) is 57.8 Å². The second-order valence-electron chi connectivity index (χ2n) is 9.90. The third kappa shape index (κ3) is 5.58. The fourth-order valence-electron chi connectivity index (χ4n) is 5.03. The lowest BCUT2D eigenvalue weighted by Gasteiger charge is -2.43. The van der Waals surface area contributed by atoms with Crippen LogP contribution in [-0.4, -0.2) is 71.4 Å². The van der Waals surface area contributed by atoms with Crippen LogP contribution in [0.25, 0.3) is 0 Å². The van der Waals surface area contributed by atoms with Gasteiger partial charge in [-0.3, -0.25) is 4.79 Å². The van der Waals surface area contributed by atoms with Crippen molar-refractivity contribution in [2.75, 3.05) is 13.1 Å². The van der Waals surface area contributed by atoms with Gasteiger partial charge in [-0.05, 0) is 50.6 Å². The van der Waals surface area contributed by atoms with Crippen molar-refractivity contribution < 1.29 is 24.5 Å². The number of hydrogen-bond acceptors (Lipinski definition) is 8. The molecule has 9 heteroatoms. The van der Waals surface area contributed by atoms with Gasteiger partial charge < -0.3 is 41.8 Å². The topological polar surface area (TPSA) is 152 Å². The summed E-state index contributed by atoms with van der Waals surface area (Å²) in [4.78, 5) is 12.4. The first kappa shape index (κ1) is 22.9. The summed E-state index contributed by atoms with van der Waals surface area (Å²) in [6.45, 7) is 1.71. The molecule has 3 saturated carbocycles. The molecule has 0 radical (unpaired) electrons. The van der Waals surface area contributed by atoms with E-state index in [9.17, 15) is 15.0 Å². The largest absolute Gasteiger partial charge is 0.468 e. The minimum Gasteiger partial charge on any atom is -0.468 e. The van der Waals surface area contributed by atoms with Gasteiger partial charge in [0.15, 0.2) is 6.29 Å². The molecule has 0 spiro atoms. The van der Waals surface area contributed by atoms with E-state index in [1.54, 1.807) is 0 Å². The molecule has 0 unspecified atom stereocenters. The number of carbonyl (C=O) groups excluding carboxylic acids is 1. The summed E-state index contributed by atoms with van der Waals surface area (Å²) in [6, 6.07) is -0.894. The van der Waals surface area contributed by atoms with Gasteiger partial charge in [-0.25, -0.2) is 0 Å². The number of nitrogens with one attached hydrogen (secondary N) is 2. The van der Waals surface area contributed by atoms with Crippen LogP contribution in [0.5, 0.6) is 0 Å². The summed E-state index contributed by atoms with van der Waals surface area (Å²) < 4.78 is 12.1. The van der Waals surface area contributed by atoms with Crippen molar-refractivity contribution >= 4 is 5.91 Å². The lowest BCUT2D eigenvalue weighted by Crippen LogP contribution is -2.63. The molecule has 0 saturated heterocycles. The van der Waals surface area contributed by atoms with E-state index in [4.69, 9.17) is 20.9 Å². The molecule has 0 aromatic carbocycles. The van der Waals surface area contributed by atoms with Crippen molar-refractivity contribution in [3.63, 3.8) is 0 Å². The highest BCUT2D eigenvalue weighted by molar-refractivity contribution is 5.86. The summed E-state index contributed by atoms with van der Waals surface area (Å²) in [7, 11) is 0. The number of allylic oxidation sites excluding steroid dienone is 1. The number of carbonyl (C=O) groups is 1. The van der Waals surface area contributed by atoms with Crippen molar-refractivity contribution in [3.8, 4) is 0 Å². The molecule has 1 amide bonds. The maximum Gasteiger partial charge on any atom is 0.252 e. The van der Waals surface area contributed by atoms with E-state index in [1.165, 1.54) is 19.3 Å². The van der Waals surface area contributed by atoms with Gasteiger partial charge in [-0.15, -0.1) is 0 Å². The first-order valence-electron chi connectivity index (χ1n) is 11.8. The molecule has 9 nitrogen and oxygen atoms in total. The fraction of sp³-hybridized carbons (Fsp3) is 0.864. The van der Waals surface area contributed by atoms with Crippen molar-refractivity contribution in [2.45, 2.75) is 100 Å². The smallest absolute Gasteiger partial charge is 0.252 e. The minimum absolute atomic E-state index is 0.143. The molecule has 31 heavy (non-hydrogen) atoms. The first-order chi connectivity index (χ1) is 14.8. The summed E-state index contributed by atoms with van der Waals surface area (Å²) in [5, 5.41) is 27.2. The molecule has 3 aliphatic carbocycles. The molecule has 8 N–H and O–H groups in total. The van der Waals surface area contributed by atoms with Gasteiger partial charge in [0.1, 0.15) is 17.5 Å². The van der Waals surface area contributed by atoms with Gasteiger partial charge in [0.25, 0.3) is 5.91 Å². The molecule has 0 aromatic heterocycles. The van der Waals surface area contributed by atoms with Crippen LogP contribution in [0, 0.1) is 5.92 Å². The number of ether oxygens (including phenoxy) is 2. The average molecular weight is 439 g/mol. The first-order valence-corrected chi connectivity index (χ1v) is 11.8. The molecule has 5 atom stereocenters. The highest BCUT2D eigenvalue weighted by Crippen LogP contribution is 2.32. The Morgan fingerprint density at radius 2 is 2.03 bits per heavy atom. The zero-order chi connectivity index (χ0) is 22.0. The molecule has 0 aromatic rings. The van der Waals surface area contributed by atoms with Gasteiger partial charge in [0.05, 0.1) is 12.6 Å². The Bertz CT molecular complexity index is 652. The van der Waals surface area contributed by atoms with E-state index in [1.807, 2.05) is 0 Å². The summed E-state index contributed by atoms with van der Waals surface area (Å²) in [5.74, 6) is 1.24. The maximum atomic E-state index is 12.4. The van der Waals surface area contributed by atoms with E-state index in [0.29, 0.717) is 19.4 Å². The predicted octanol–water partition coefficient (Wildman–Crippen LogP) is -0.399. The molecular formula is C22H38N4O5. The van der Waals surface area contributed by atoms with Crippen LogP contribution in [-0.2, 0) is 14.3 Å². The second kappa shape index (κ2) is 9.72. The standard InChI is InChI=1S/C22H38N4O5/c23-14-9-22(29,10-14)21(28)26-15-7-17(24)20(18(27)8-15)31-19-6-2-5-16(30-19)12-25-11-13-3-1-4-13/h5,13-15,17-20,25,27,29H,1-4,6-12,23-24H2,(H,26,28)/t14?,15-,17+,18-,19-,20-,22?/m1/s1. The Kier molecular flexibility index (Phi) is 7.20. The van der Waals surface area contributed by atoms with E-state index in [2.05, 4.69) is 16.7 Å². The highest BCUT2D eigenvalue weighted by Gasteiger charge is 2.48. The Morgan fingerprint density at radius 1 is 1.26 bits per heavy atom. The number of aliphatic hydroxyl groups excluding tert-OH is 1. The van der Waals surface area contributed by atoms with Crippen molar-refractivity contribution in [1.82, 2.24) is 10.6 Å². The number of hydrogen-bond donors (Lipinski definition) is 6. The fourth-order valence-corrected chi connectivity index (χ4v) is 5.03. The lowest BCUT2D eigenvalue weighted by atomic mass is 9.75. The van der Waals surface area contributed by atoms with Gasteiger partial charge in [0, 0.05) is 37.4 Å². The molecular weight excluding hydrogens is 400 g/mol. The number of amides is 1. The Morgan fingerprint density at radius 3 is 2.68 bits per heavy atom. The Labute approximate surface area is 183 Å². The van der Waals surface area contributed by atoms with Gasteiger partial charge >= 0.3 is 0 Å². The normalized spacial score (nSPS) is 40.8. The summed E-state index contributed by atoms with van der Waals surface area (Å²) in [6.07, 6.45) is 7.14. The predicted molar refractivity (Wildman–Crippen MR) is 115 cm³/mol. The molecule has 1 heterocycles. The van der Waals surface area contributed by atoms with E-state index in [0.717, 1.165) is 31.1 Å². The summed E-state index contributed by atoms with van der Waals surface area (Å²) >= 11 is 0. The average Bonchev–Trinajstić information content (AvgIpc) is 2.66. The van der Waals surface area contributed by atoms with Gasteiger partial charge in [-0.1, -0.05) is 6.42 Å². The van der Waals surface area contributed by atoms with Crippen LogP contribution >= 0.6 is 0 Å². The SMILES string of the molecule is NC1CC(O)(C(=O)N[C@H]2C[C@@H](O)[C@H](O[C@@H]3CCC=C(CNCC4CCC4)O3)[C@@H](N)C2)C1. The highest BCUT2D eigenvalue weighted by atomic mass is 16.7. The van der Waals surface area contributed by atoms with Gasteiger partial charge in [0.2, 0.25) is 0 Å². The molecule has 176 valence electrons. The van der Waals surface area contributed by atoms with Gasteiger partial charge in [-0.2, -0.15) is 0 Å². The minimum atomic E-state index is -1.40. The quantitative estimate of drug-likeness (QED) is 0.299. The lowest BCUT2D eigenvalue weighted by molar-refractivity contribution is -0.196. The van der Waals surface area contributed by atoms with Crippen molar-refractivity contribution in [3.05, 3.63) is 11.8 Å². The molecule has 1 aliphatic heterocycles. The number of aliphatic hydroxyl groups is 2. The van der Waals surface area contributed by atoms with Crippen LogP contribution in [0.15, 0.2) is 11.8 Å². The van der Waals surface area contributed by atoms with Crippen LogP contribution in [0.2, 0.25) is 0 Å². The monoisotopic (exact) mass is 438 g/mol. The molecule has 0 bridgehead atoms. The Hall–Kier alpha value is -1.23. The third-order valence-corrected chi connectivity index (χ3v) is 7.16. The summed E-state index contributed by atoms with van der Waals surface area (Å²) in [5.41, 5.74) is 10.6. The zero-order valence-electron chi connectivity index (χ0n) is 18.2. The Balaban J connectivity index is 1.21. The van der Waals surface area contributed by atoms with Crippen LogP contribution < -0.4 is 22.1 Å². The van der Waals surface area contributed by atoms with Crippen LogP contribution in [0.4, 0.5) is 0 Å². The van der Waals surface area contributed by atoms with E-state index in [-0.39, 0.29) is 24.9 Å². The van der Waals surface area contributed by atoms with E-state index >= 15 is 0 Å². The van der Waals surface area contributed by atoms with Crippen LogP contribution in [0.3, 0.4) is 0 Å². The molecule has 4 aliphatic rings. The van der Waals surface area contributed by atoms with Crippen molar-refractivity contribution in [1.29, 1.82) is 0 Å². The van der Waals surface area contributed by atoms with Crippen molar-refractivity contribution in [2.24, 2.45) is 17.4 Å².